The Morgan fingerprint density at radius 2 is 2.05 bits per heavy atom. The van der Waals surface area contributed by atoms with Gasteiger partial charge in [0.05, 0.1) is 12.3 Å². The van der Waals surface area contributed by atoms with Crippen LogP contribution in [-0.2, 0) is 10.0 Å². The molecule has 4 N–H and O–H groups in total. The second kappa shape index (κ2) is 6.64. The molecule has 0 unspecified atom stereocenters. The summed E-state index contributed by atoms with van der Waals surface area (Å²) in [4.78, 5) is 2.17. The Morgan fingerprint density at radius 1 is 1.38 bits per heavy atom. The molecule has 6 nitrogen and oxygen atoms in total. The van der Waals surface area contributed by atoms with Gasteiger partial charge >= 0.3 is 0 Å². The van der Waals surface area contributed by atoms with Crippen molar-refractivity contribution in [1.29, 1.82) is 0 Å². The van der Waals surface area contributed by atoms with Crippen molar-refractivity contribution in [2.75, 3.05) is 30.8 Å². The minimum atomic E-state index is -3.60. The normalized spacial score (nSPS) is 16.3. The number of nitrogen functional groups attached to an aromatic ring is 1. The van der Waals surface area contributed by atoms with Gasteiger partial charge in [-0.25, -0.2) is 13.1 Å². The number of hydrogen-bond acceptors (Lipinski definition) is 5. The third-order valence-corrected chi connectivity index (χ3v) is 5.40. The average molecular weight is 313 g/mol. The van der Waals surface area contributed by atoms with Gasteiger partial charge in [0, 0.05) is 18.3 Å². The monoisotopic (exact) mass is 313 g/mol. The molecule has 0 atom stereocenters. The summed E-state index contributed by atoms with van der Waals surface area (Å²) in [5.74, 6) is 0. The number of nitrogens with two attached hydrogens (primary N) is 1. The van der Waals surface area contributed by atoms with Crippen molar-refractivity contribution in [1.82, 2.24) is 4.72 Å². The van der Waals surface area contributed by atoms with Crippen molar-refractivity contribution in [3.05, 3.63) is 18.2 Å². The summed E-state index contributed by atoms with van der Waals surface area (Å²) in [5.41, 5.74) is 6.76. The van der Waals surface area contributed by atoms with Gasteiger partial charge < -0.3 is 15.7 Å². The highest BCUT2D eigenvalue weighted by Crippen LogP contribution is 2.33. The number of aliphatic hydroxyl groups excluding tert-OH is 1. The van der Waals surface area contributed by atoms with Crippen molar-refractivity contribution in [3.8, 4) is 0 Å². The molecule has 0 amide bonds. The Hall–Kier alpha value is -1.31. The Bertz CT molecular complexity index is 583. The molecular formula is C14H23N3O3S. The second-order valence-corrected chi connectivity index (χ2v) is 7.14. The molecule has 1 aromatic rings. The fraction of sp³-hybridized carbons (Fsp3) is 0.571. The number of nitrogens with zero attached hydrogens (tertiary/aromatic N) is 1. The number of aliphatic hydroxyl groups is 1. The molecule has 0 spiro atoms. The molecule has 0 radical (unpaired) electrons. The van der Waals surface area contributed by atoms with Crippen LogP contribution in [0.4, 0.5) is 11.4 Å². The Balaban J connectivity index is 2.49. The van der Waals surface area contributed by atoms with E-state index >= 15 is 0 Å². The predicted octanol–water partition coefficient (Wildman–Crippen LogP) is 0.918. The van der Waals surface area contributed by atoms with Gasteiger partial charge in [-0.3, -0.25) is 0 Å². The highest BCUT2D eigenvalue weighted by Gasteiger charge is 2.27. The van der Waals surface area contributed by atoms with Gasteiger partial charge in [-0.1, -0.05) is 12.8 Å². The maximum Gasteiger partial charge on any atom is 0.242 e. The van der Waals surface area contributed by atoms with E-state index in [-0.39, 0.29) is 17.5 Å². The van der Waals surface area contributed by atoms with E-state index in [1.807, 2.05) is 4.90 Å². The van der Waals surface area contributed by atoms with Gasteiger partial charge in [0.25, 0.3) is 0 Å². The molecule has 7 heteroatoms. The Morgan fingerprint density at radius 3 is 2.62 bits per heavy atom. The van der Waals surface area contributed by atoms with Crippen LogP contribution in [0, 0.1) is 0 Å². The molecule has 1 aliphatic carbocycles. The van der Waals surface area contributed by atoms with Crippen molar-refractivity contribution in [2.45, 2.75) is 36.6 Å². The van der Waals surface area contributed by atoms with Crippen LogP contribution in [0.1, 0.15) is 25.7 Å². The number of rotatable bonds is 6. The van der Waals surface area contributed by atoms with E-state index in [4.69, 9.17) is 5.73 Å². The van der Waals surface area contributed by atoms with Gasteiger partial charge in [-0.15, -0.1) is 0 Å². The van der Waals surface area contributed by atoms with E-state index in [1.165, 1.54) is 13.1 Å². The van der Waals surface area contributed by atoms with Crippen LogP contribution in [0.25, 0.3) is 0 Å². The first-order chi connectivity index (χ1) is 9.99. The Labute approximate surface area is 126 Å². The zero-order chi connectivity index (χ0) is 15.5. The molecule has 0 heterocycles. The number of anilines is 2. The number of sulfonamides is 1. The van der Waals surface area contributed by atoms with E-state index in [0.717, 1.165) is 25.7 Å². The quantitative estimate of drug-likeness (QED) is 0.679. The zero-order valence-electron chi connectivity index (χ0n) is 12.2. The standard InChI is InChI=1S/C14H23N3O3S/c1-16-21(19,20)14-10-11(15)6-7-13(14)17(8-9-18)12-4-2-3-5-12/h6-7,10,12,16,18H,2-5,8-9,15H2,1H3. The van der Waals surface area contributed by atoms with E-state index in [2.05, 4.69) is 4.72 Å². The van der Waals surface area contributed by atoms with Gasteiger partial charge in [0.15, 0.2) is 0 Å². The van der Waals surface area contributed by atoms with Crippen LogP contribution in [0.2, 0.25) is 0 Å². The third kappa shape index (κ3) is 3.48. The van der Waals surface area contributed by atoms with Crippen LogP contribution >= 0.6 is 0 Å². The first kappa shape index (κ1) is 16.1. The molecule has 21 heavy (non-hydrogen) atoms. The lowest BCUT2D eigenvalue weighted by atomic mass is 10.1. The second-order valence-electron chi connectivity index (χ2n) is 5.29. The van der Waals surface area contributed by atoms with Crippen LogP contribution < -0.4 is 15.4 Å². The van der Waals surface area contributed by atoms with E-state index in [0.29, 0.717) is 17.9 Å². The molecule has 0 bridgehead atoms. The highest BCUT2D eigenvalue weighted by molar-refractivity contribution is 7.89. The lowest BCUT2D eigenvalue weighted by molar-refractivity contribution is 0.297. The molecule has 0 saturated heterocycles. The summed E-state index contributed by atoms with van der Waals surface area (Å²) < 4.78 is 26.8. The molecule has 1 aliphatic rings. The van der Waals surface area contributed by atoms with Crippen molar-refractivity contribution in [3.63, 3.8) is 0 Å². The van der Waals surface area contributed by atoms with Gasteiger partial charge in [-0.2, -0.15) is 0 Å². The lowest BCUT2D eigenvalue weighted by Crippen LogP contribution is -2.37. The van der Waals surface area contributed by atoms with Gasteiger partial charge in [0.2, 0.25) is 10.0 Å². The largest absolute Gasteiger partial charge is 0.399 e. The number of nitrogens with one attached hydrogen (secondary N) is 1. The molecule has 1 fully saturated rings. The third-order valence-electron chi connectivity index (χ3n) is 3.96. The summed E-state index contributed by atoms with van der Waals surface area (Å²) in [6.45, 7) is 0.404. The predicted molar refractivity (Wildman–Crippen MR) is 83.8 cm³/mol. The van der Waals surface area contributed by atoms with Crippen LogP contribution in [0.5, 0.6) is 0 Å². The van der Waals surface area contributed by atoms with E-state index in [1.54, 1.807) is 12.1 Å². The van der Waals surface area contributed by atoms with Crippen molar-refractivity contribution < 1.29 is 13.5 Å². The van der Waals surface area contributed by atoms with Crippen LogP contribution in [-0.4, -0.2) is 39.8 Å². The van der Waals surface area contributed by atoms with Gasteiger partial charge in [0.1, 0.15) is 4.90 Å². The minimum absolute atomic E-state index is 0.0140. The van der Waals surface area contributed by atoms with Crippen LogP contribution in [0.3, 0.4) is 0 Å². The summed E-state index contributed by atoms with van der Waals surface area (Å²) in [7, 11) is -2.21. The number of benzene rings is 1. The summed E-state index contributed by atoms with van der Waals surface area (Å²) in [6.07, 6.45) is 4.30. The first-order valence-corrected chi connectivity index (χ1v) is 8.68. The average Bonchev–Trinajstić information content (AvgIpc) is 2.99. The molecule has 0 aliphatic heterocycles. The highest BCUT2D eigenvalue weighted by atomic mass is 32.2. The minimum Gasteiger partial charge on any atom is -0.399 e. The van der Waals surface area contributed by atoms with Crippen molar-refractivity contribution >= 4 is 21.4 Å². The smallest absolute Gasteiger partial charge is 0.242 e. The van der Waals surface area contributed by atoms with E-state index in [9.17, 15) is 13.5 Å². The Kier molecular flexibility index (Phi) is 5.08. The fourth-order valence-corrected chi connectivity index (χ4v) is 3.89. The topological polar surface area (TPSA) is 95.7 Å². The summed E-state index contributed by atoms with van der Waals surface area (Å²) >= 11 is 0. The van der Waals surface area contributed by atoms with E-state index < -0.39 is 10.0 Å². The van der Waals surface area contributed by atoms with Crippen molar-refractivity contribution in [2.24, 2.45) is 0 Å². The summed E-state index contributed by atoms with van der Waals surface area (Å²) in [6, 6.07) is 5.17. The molecule has 118 valence electrons. The van der Waals surface area contributed by atoms with Gasteiger partial charge in [-0.05, 0) is 38.1 Å². The number of hydrogen-bond donors (Lipinski definition) is 3. The first-order valence-electron chi connectivity index (χ1n) is 7.20. The lowest BCUT2D eigenvalue weighted by Gasteiger charge is -2.32. The molecule has 2 rings (SSSR count). The zero-order valence-corrected chi connectivity index (χ0v) is 13.1. The molecule has 1 aromatic carbocycles. The molecule has 1 saturated carbocycles. The SMILES string of the molecule is CNS(=O)(=O)c1cc(N)ccc1N(CCO)C1CCCC1. The molecule has 0 aromatic heterocycles. The van der Waals surface area contributed by atoms with Crippen LogP contribution in [0.15, 0.2) is 23.1 Å². The fourth-order valence-electron chi connectivity index (χ4n) is 2.92. The maximum atomic E-state index is 12.2. The maximum absolute atomic E-state index is 12.2. The summed E-state index contributed by atoms with van der Waals surface area (Å²) in [5, 5.41) is 9.33. The molecular weight excluding hydrogens is 290 g/mol.